The molecule has 0 fully saturated rings. The fourth-order valence-electron chi connectivity index (χ4n) is 0.268. The fourth-order valence-corrected chi connectivity index (χ4v) is 0.341. The van der Waals surface area contributed by atoms with Gasteiger partial charge in [-0.2, -0.15) is 0 Å². The van der Waals surface area contributed by atoms with Crippen LogP contribution in [0.1, 0.15) is 27.7 Å². The first kappa shape index (κ1) is 12.4. The van der Waals surface area contributed by atoms with Crippen LogP contribution in [0.3, 0.4) is 0 Å². The van der Waals surface area contributed by atoms with Gasteiger partial charge in [0.25, 0.3) is 0 Å². The molecule has 0 saturated carbocycles. The molecule has 0 heterocycles. The first-order valence-electron chi connectivity index (χ1n) is 3.50. The molecule has 0 saturated heterocycles. The van der Waals surface area contributed by atoms with Crippen LogP contribution < -0.4 is 0 Å². The van der Waals surface area contributed by atoms with Crippen LogP contribution in [0.25, 0.3) is 0 Å². The van der Waals surface area contributed by atoms with Gasteiger partial charge in [-0.3, -0.25) is 4.79 Å². The Morgan fingerprint density at radius 3 is 1.90 bits per heavy atom. The molecular weight excluding hydrogens is 148 g/mol. The van der Waals surface area contributed by atoms with Crippen molar-refractivity contribution < 1.29 is 4.79 Å². The minimum atomic E-state index is -0.404. The van der Waals surface area contributed by atoms with E-state index in [1.54, 1.807) is 6.08 Å². The number of carbonyl (C=O) groups excluding carboxylic acids is 1. The third-order valence-corrected chi connectivity index (χ3v) is 0.738. The summed E-state index contributed by atoms with van der Waals surface area (Å²) in [5.41, 5.74) is 0. The summed E-state index contributed by atoms with van der Waals surface area (Å²) in [6.07, 6.45) is 3.13. The average Bonchev–Trinajstić information content (AvgIpc) is 1.89. The van der Waals surface area contributed by atoms with Crippen LogP contribution in [0.5, 0.6) is 0 Å². The van der Waals surface area contributed by atoms with E-state index < -0.39 is 5.24 Å². The van der Waals surface area contributed by atoms with Crippen LogP contribution in [-0.4, -0.2) is 5.24 Å². The van der Waals surface area contributed by atoms with Crippen molar-refractivity contribution in [2.75, 3.05) is 0 Å². The first-order valence-corrected chi connectivity index (χ1v) is 3.88. The van der Waals surface area contributed by atoms with E-state index >= 15 is 0 Å². The predicted octanol–water partition coefficient (Wildman–Crippen LogP) is 2.99. The van der Waals surface area contributed by atoms with Gasteiger partial charge in [0.15, 0.2) is 0 Å². The molecule has 0 aliphatic heterocycles. The number of halogens is 1. The molecule has 0 aliphatic carbocycles. The quantitative estimate of drug-likeness (QED) is 0.451. The molecule has 0 aromatic carbocycles. The molecule has 0 aliphatic rings. The third kappa shape index (κ3) is 15.6. The average molecular weight is 163 g/mol. The van der Waals surface area contributed by atoms with Gasteiger partial charge in [0.1, 0.15) is 0 Å². The first-order chi connectivity index (χ1) is 4.63. The highest BCUT2D eigenvalue weighted by Crippen LogP contribution is 1.94. The van der Waals surface area contributed by atoms with E-state index in [-0.39, 0.29) is 0 Å². The number of rotatable bonds is 2. The second kappa shape index (κ2) is 8.70. The molecule has 10 heavy (non-hydrogen) atoms. The minimum absolute atomic E-state index is 0.401. The van der Waals surface area contributed by atoms with Gasteiger partial charge >= 0.3 is 0 Å². The molecular formula is C8H15ClO. The lowest BCUT2D eigenvalue weighted by Gasteiger charge is -1.88. The maximum Gasteiger partial charge on any atom is 0.244 e. The highest BCUT2D eigenvalue weighted by molar-refractivity contribution is 6.66. The van der Waals surface area contributed by atoms with Crippen molar-refractivity contribution in [3.8, 4) is 0 Å². The smallest absolute Gasteiger partial charge is 0.244 e. The van der Waals surface area contributed by atoms with Crippen molar-refractivity contribution in [2.45, 2.75) is 27.7 Å². The van der Waals surface area contributed by atoms with Gasteiger partial charge in [0.05, 0.1) is 0 Å². The van der Waals surface area contributed by atoms with E-state index in [1.165, 1.54) is 6.08 Å². The van der Waals surface area contributed by atoms with E-state index in [4.69, 9.17) is 11.6 Å². The summed E-state index contributed by atoms with van der Waals surface area (Å²) in [7, 11) is 0. The van der Waals surface area contributed by atoms with Gasteiger partial charge in [0, 0.05) is 0 Å². The maximum atomic E-state index is 10.0. The summed E-state index contributed by atoms with van der Waals surface area (Å²) in [5, 5.41) is -0.404. The summed E-state index contributed by atoms with van der Waals surface area (Å²) in [6, 6.07) is 0. The monoisotopic (exact) mass is 162 g/mol. The molecule has 2 heteroatoms. The van der Waals surface area contributed by atoms with Crippen LogP contribution >= 0.6 is 11.6 Å². The molecule has 0 atom stereocenters. The molecule has 1 nitrogen and oxygen atoms in total. The van der Waals surface area contributed by atoms with E-state index in [2.05, 4.69) is 0 Å². The zero-order valence-corrected chi connectivity index (χ0v) is 7.77. The number of carbonyl (C=O) groups is 1. The lowest BCUT2D eigenvalue weighted by atomic mass is 10.2. The van der Waals surface area contributed by atoms with E-state index in [9.17, 15) is 4.79 Å². The SMILES string of the molecule is CC.CC(C)/C=C/C(=O)Cl. The van der Waals surface area contributed by atoms with Crippen molar-refractivity contribution in [2.24, 2.45) is 5.92 Å². The lowest BCUT2D eigenvalue weighted by Crippen LogP contribution is -1.80. The highest BCUT2D eigenvalue weighted by Gasteiger charge is 1.86. The summed E-state index contributed by atoms with van der Waals surface area (Å²) in [6.45, 7) is 7.96. The standard InChI is InChI=1S/C6H9ClO.C2H6/c1-5(2)3-4-6(7)8;1-2/h3-5H,1-2H3;1-2H3/b4-3+;. The molecule has 0 aromatic rings. The van der Waals surface area contributed by atoms with E-state index in [1.807, 2.05) is 27.7 Å². The normalized spacial score (nSPS) is 9.40. The van der Waals surface area contributed by atoms with Gasteiger partial charge < -0.3 is 0 Å². The van der Waals surface area contributed by atoms with Crippen LogP contribution in [-0.2, 0) is 4.79 Å². The Labute approximate surface area is 68.1 Å². The van der Waals surface area contributed by atoms with Crippen molar-refractivity contribution in [3.05, 3.63) is 12.2 Å². The zero-order valence-electron chi connectivity index (χ0n) is 7.02. The molecule has 0 N–H and O–H groups in total. The topological polar surface area (TPSA) is 17.1 Å². The van der Waals surface area contributed by atoms with Gasteiger partial charge in [-0.1, -0.05) is 33.8 Å². The Hall–Kier alpha value is -0.300. The number of allylic oxidation sites excluding steroid dienone is 2. The second-order valence-electron chi connectivity index (χ2n) is 1.91. The predicted molar refractivity (Wildman–Crippen MR) is 46.2 cm³/mol. The van der Waals surface area contributed by atoms with Crippen molar-refractivity contribution in [1.82, 2.24) is 0 Å². The number of hydrogen-bond donors (Lipinski definition) is 0. The van der Waals surface area contributed by atoms with Gasteiger partial charge in [0.2, 0.25) is 5.24 Å². The fraction of sp³-hybridized carbons (Fsp3) is 0.625. The number of hydrogen-bond acceptors (Lipinski definition) is 1. The van der Waals surface area contributed by atoms with Gasteiger partial charge in [-0.25, -0.2) is 0 Å². The van der Waals surface area contributed by atoms with Gasteiger partial charge in [-0.05, 0) is 23.6 Å². The zero-order chi connectivity index (χ0) is 8.57. The lowest BCUT2D eigenvalue weighted by molar-refractivity contribution is -0.107. The molecule has 0 rings (SSSR count). The Bertz CT molecular complexity index is 106. The van der Waals surface area contributed by atoms with E-state index in [0.29, 0.717) is 5.92 Å². The molecule has 60 valence electrons. The largest absolute Gasteiger partial charge is 0.276 e. The van der Waals surface area contributed by atoms with Crippen LogP contribution in [0.15, 0.2) is 12.2 Å². The maximum absolute atomic E-state index is 10.0. The summed E-state index contributed by atoms with van der Waals surface area (Å²) in [4.78, 5) is 10.0. The van der Waals surface area contributed by atoms with Crippen LogP contribution in [0.4, 0.5) is 0 Å². The minimum Gasteiger partial charge on any atom is -0.276 e. The Balaban J connectivity index is 0. The Kier molecular flexibility index (Phi) is 10.8. The molecule has 0 unspecified atom stereocenters. The Morgan fingerprint density at radius 2 is 1.80 bits per heavy atom. The van der Waals surface area contributed by atoms with Crippen molar-refractivity contribution in [3.63, 3.8) is 0 Å². The highest BCUT2D eigenvalue weighted by atomic mass is 35.5. The van der Waals surface area contributed by atoms with Gasteiger partial charge in [-0.15, -0.1) is 0 Å². The van der Waals surface area contributed by atoms with Crippen molar-refractivity contribution in [1.29, 1.82) is 0 Å². The molecule has 0 amide bonds. The third-order valence-electron chi connectivity index (χ3n) is 0.612. The summed E-state index contributed by atoms with van der Waals surface area (Å²) in [5.74, 6) is 0.401. The summed E-state index contributed by atoms with van der Waals surface area (Å²) < 4.78 is 0. The Morgan fingerprint density at radius 1 is 1.40 bits per heavy atom. The van der Waals surface area contributed by atoms with E-state index in [0.717, 1.165) is 0 Å². The summed E-state index contributed by atoms with van der Waals surface area (Å²) >= 11 is 5.00. The molecule has 0 spiro atoms. The van der Waals surface area contributed by atoms with Crippen molar-refractivity contribution >= 4 is 16.8 Å². The molecule has 0 aromatic heterocycles. The van der Waals surface area contributed by atoms with Crippen LogP contribution in [0.2, 0.25) is 0 Å². The molecule has 0 bridgehead atoms. The molecule has 0 radical (unpaired) electrons. The second-order valence-corrected chi connectivity index (χ2v) is 2.28. The van der Waals surface area contributed by atoms with Crippen LogP contribution in [0, 0.1) is 5.92 Å².